The van der Waals surface area contributed by atoms with Crippen molar-refractivity contribution in [3.63, 3.8) is 0 Å². The smallest absolute Gasteiger partial charge is 0.276 e. The molecule has 2 fully saturated rings. The third-order valence-corrected chi connectivity index (χ3v) is 8.09. The van der Waals surface area contributed by atoms with Crippen LogP contribution in [0.5, 0.6) is 0 Å². The number of sulfonamides is 1. The molecular formula is C21H28Cl2N4O4S. The number of amidine groups is 1. The second-order valence-corrected chi connectivity index (χ2v) is 10.6. The van der Waals surface area contributed by atoms with E-state index in [4.69, 9.17) is 21.4 Å². The fourth-order valence-corrected chi connectivity index (χ4v) is 5.99. The molecule has 0 atom stereocenters. The molecule has 1 aliphatic heterocycles. The van der Waals surface area contributed by atoms with E-state index in [0.717, 1.165) is 25.7 Å². The largest absolute Gasteiger partial charge is 0.443 e. The summed E-state index contributed by atoms with van der Waals surface area (Å²) in [6.07, 6.45) is 3.34. The molecule has 0 bridgehead atoms. The van der Waals surface area contributed by atoms with E-state index in [1.165, 1.54) is 10.4 Å². The van der Waals surface area contributed by atoms with Gasteiger partial charge >= 0.3 is 0 Å². The number of piperazine rings is 1. The summed E-state index contributed by atoms with van der Waals surface area (Å²) < 4.78 is 33.0. The van der Waals surface area contributed by atoms with E-state index in [1.54, 1.807) is 30.0 Å². The highest BCUT2D eigenvalue weighted by Crippen LogP contribution is 2.29. The molecule has 0 radical (unpaired) electrons. The minimum atomic E-state index is -3.77. The zero-order valence-electron chi connectivity index (χ0n) is 17.8. The van der Waals surface area contributed by atoms with Crippen LogP contribution in [-0.2, 0) is 14.8 Å². The Labute approximate surface area is 199 Å². The third-order valence-electron chi connectivity index (χ3n) is 6.10. The lowest BCUT2D eigenvalue weighted by atomic mass is 9.85. The molecule has 1 saturated heterocycles. The Morgan fingerprint density at radius 2 is 1.78 bits per heavy atom. The van der Waals surface area contributed by atoms with Gasteiger partial charge in [-0.05, 0) is 50.8 Å². The zero-order valence-corrected chi connectivity index (χ0v) is 20.2. The predicted molar refractivity (Wildman–Crippen MR) is 126 cm³/mol. The lowest BCUT2D eigenvalue weighted by molar-refractivity contribution is -0.137. The molecule has 0 unspecified atom stereocenters. The molecule has 2 aliphatic rings. The first-order valence-corrected chi connectivity index (χ1v) is 12.4. The standard InChI is InChI=1S/C21H27ClN4O4S.ClH/c1-14(23)24-18-5-2-15(3-6-18)21(27)25-8-10-26(11-9-25)31(28,29)20-13-16-12-17(22)4-7-19(16)30-20;/h4,7,12-13,15,18H,2-3,5-6,8-11H2,1H3,(H2,23,24);1H/t15-,18-;. The van der Waals surface area contributed by atoms with Crippen LogP contribution in [0.2, 0.25) is 5.02 Å². The van der Waals surface area contributed by atoms with E-state index in [2.05, 4.69) is 5.32 Å². The molecule has 176 valence electrons. The summed E-state index contributed by atoms with van der Waals surface area (Å²) in [5.41, 5.74) is 0.472. The van der Waals surface area contributed by atoms with Gasteiger partial charge in [-0.15, -0.1) is 12.4 Å². The summed E-state index contributed by atoms with van der Waals surface area (Å²) in [6.45, 7) is 2.97. The van der Waals surface area contributed by atoms with Gasteiger partial charge in [0.1, 0.15) is 5.58 Å². The van der Waals surface area contributed by atoms with Crippen molar-refractivity contribution in [1.82, 2.24) is 14.5 Å². The van der Waals surface area contributed by atoms with Crippen LogP contribution in [-0.4, -0.2) is 61.6 Å². The van der Waals surface area contributed by atoms with Crippen molar-refractivity contribution in [3.05, 3.63) is 29.3 Å². The summed E-state index contributed by atoms with van der Waals surface area (Å²) >= 11 is 5.98. The van der Waals surface area contributed by atoms with Crippen LogP contribution in [0.15, 0.2) is 33.8 Å². The van der Waals surface area contributed by atoms with Crippen LogP contribution in [0, 0.1) is 11.3 Å². The number of rotatable bonds is 4. The third kappa shape index (κ3) is 5.22. The van der Waals surface area contributed by atoms with Gasteiger partial charge in [0.15, 0.2) is 0 Å². The van der Waals surface area contributed by atoms with Gasteiger partial charge in [-0.25, -0.2) is 8.42 Å². The molecule has 1 aromatic heterocycles. The fraction of sp³-hybridized carbons (Fsp3) is 0.524. The van der Waals surface area contributed by atoms with E-state index in [1.807, 2.05) is 0 Å². The SMILES string of the molecule is CC(=N)N[C@H]1CC[C@H](C(=O)N2CCN(S(=O)(=O)c3cc4cc(Cl)ccc4o3)CC2)CC1.Cl. The van der Waals surface area contributed by atoms with Crippen LogP contribution in [0.3, 0.4) is 0 Å². The average molecular weight is 503 g/mol. The Bertz CT molecular complexity index is 1090. The molecule has 2 N–H and O–H groups in total. The molecule has 2 aromatic rings. The van der Waals surface area contributed by atoms with Crippen molar-refractivity contribution in [2.45, 2.75) is 43.7 Å². The summed E-state index contributed by atoms with van der Waals surface area (Å²) in [4.78, 5) is 14.7. The predicted octanol–water partition coefficient (Wildman–Crippen LogP) is 3.49. The molecule has 1 saturated carbocycles. The molecule has 8 nitrogen and oxygen atoms in total. The summed E-state index contributed by atoms with van der Waals surface area (Å²) in [5.74, 6) is 0.549. The second-order valence-electron chi connectivity index (χ2n) is 8.29. The molecule has 1 aromatic carbocycles. The molecule has 32 heavy (non-hydrogen) atoms. The molecule has 0 spiro atoms. The van der Waals surface area contributed by atoms with Gasteiger partial charge < -0.3 is 14.6 Å². The van der Waals surface area contributed by atoms with Crippen molar-refractivity contribution in [1.29, 1.82) is 5.41 Å². The van der Waals surface area contributed by atoms with E-state index in [9.17, 15) is 13.2 Å². The number of furan rings is 1. The lowest BCUT2D eigenvalue weighted by Gasteiger charge is -2.37. The van der Waals surface area contributed by atoms with Crippen molar-refractivity contribution in [2.24, 2.45) is 5.92 Å². The number of nitrogens with one attached hydrogen (secondary N) is 2. The van der Waals surface area contributed by atoms with Gasteiger partial charge in [0.2, 0.25) is 11.0 Å². The Balaban J connectivity index is 0.00000289. The van der Waals surface area contributed by atoms with Crippen molar-refractivity contribution >= 4 is 56.7 Å². The number of carbonyl (C=O) groups excluding carboxylic acids is 1. The monoisotopic (exact) mass is 502 g/mol. The first-order chi connectivity index (χ1) is 14.7. The van der Waals surface area contributed by atoms with E-state index >= 15 is 0 Å². The molecule has 4 rings (SSSR count). The molecule has 2 heterocycles. The van der Waals surface area contributed by atoms with Crippen LogP contribution >= 0.6 is 24.0 Å². The number of benzene rings is 1. The van der Waals surface area contributed by atoms with Crippen molar-refractivity contribution in [3.8, 4) is 0 Å². The van der Waals surface area contributed by atoms with E-state index < -0.39 is 10.0 Å². The van der Waals surface area contributed by atoms with Crippen molar-refractivity contribution in [2.75, 3.05) is 26.2 Å². The van der Waals surface area contributed by atoms with Crippen LogP contribution < -0.4 is 5.32 Å². The van der Waals surface area contributed by atoms with E-state index in [0.29, 0.717) is 34.9 Å². The summed E-state index contributed by atoms with van der Waals surface area (Å²) in [6, 6.07) is 6.74. The van der Waals surface area contributed by atoms with Gasteiger partial charge in [0, 0.05) is 54.6 Å². The molecule has 11 heteroatoms. The molecular weight excluding hydrogens is 475 g/mol. The van der Waals surface area contributed by atoms with Crippen LogP contribution in [0.25, 0.3) is 11.0 Å². The Kier molecular flexibility index (Phi) is 7.75. The highest BCUT2D eigenvalue weighted by atomic mass is 35.5. The number of hydrogen-bond acceptors (Lipinski definition) is 5. The Hall–Kier alpha value is -1.81. The number of carbonyl (C=O) groups is 1. The maximum Gasteiger partial charge on any atom is 0.276 e. The van der Waals surface area contributed by atoms with Gasteiger partial charge in [0.25, 0.3) is 10.0 Å². The highest BCUT2D eigenvalue weighted by molar-refractivity contribution is 7.89. The van der Waals surface area contributed by atoms with Gasteiger partial charge in [-0.2, -0.15) is 4.31 Å². The van der Waals surface area contributed by atoms with Crippen LogP contribution in [0.4, 0.5) is 0 Å². The highest BCUT2D eigenvalue weighted by Gasteiger charge is 2.35. The second kappa shape index (κ2) is 9.99. The maximum absolute atomic E-state index is 13.0. The minimum Gasteiger partial charge on any atom is -0.443 e. The first-order valence-electron chi connectivity index (χ1n) is 10.5. The number of amides is 1. The maximum atomic E-state index is 13.0. The summed E-state index contributed by atoms with van der Waals surface area (Å²) in [5, 5.41) is 11.7. The van der Waals surface area contributed by atoms with Gasteiger partial charge in [-0.3, -0.25) is 10.2 Å². The van der Waals surface area contributed by atoms with E-state index in [-0.39, 0.29) is 48.5 Å². The number of fused-ring (bicyclic) bond motifs is 1. The topological polar surface area (TPSA) is 107 Å². The average Bonchev–Trinajstić information content (AvgIpc) is 3.17. The van der Waals surface area contributed by atoms with Gasteiger partial charge in [0.05, 0.1) is 5.84 Å². The minimum absolute atomic E-state index is 0. The van der Waals surface area contributed by atoms with Crippen molar-refractivity contribution < 1.29 is 17.6 Å². The molecule has 1 amide bonds. The fourth-order valence-electron chi connectivity index (χ4n) is 4.44. The Morgan fingerprint density at radius 1 is 1.12 bits per heavy atom. The number of hydrogen-bond donors (Lipinski definition) is 2. The van der Waals surface area contributed by atoms with Crippen LogP contribution in [0.1, 0.15) is 32.6 Å². The quantitative estimate of drug-likeness (QED) is 0.491. The van der Waals surface area contributed by atoms with Gasteiger partial charge in [-0.1, -0.05) is 11.6 Å². The normalized spacial score (nSPS) is 22.4. The number of nitrogens with zero attached hydrogens (tertiary/aromatic N) is 2. The lowest BCUT2D eigenvalue weighted by Crippen LogP contribution is -2.52. The summed E-state index contributed by atoms with van der Waals surface area (Å²) in [7, 11) is -3.77. The first kappa shape index (κ1) is 24.8. The zero-order chi connectivity index (χ0) is 22.2. The Morgan fingerprint density at radius 3 is 2.41 bits per heavy atom. The molecule has 1 aliphatic carbocycles. The number of halogens is 2.